The Hall–Kier alpha value is -3.61. The standard InChI is InChI=1S/C35H39N3O6S2/c1-23-37-38-35(46-23)45-22-30-19-31(26-15-13-24(21-39)14-16-26)44-34(43-30)29-10-6-9-28(18-29)27-8-5-7-25(17-27)20-36-32(40)11-3-2-4-12-33(41)42/h5-10,13-18,30-31,34,39H,2-4,11-12,19-22H2,1H3,(H,36,40)(H,41,42). The van der Waals surface area contributed by atoms with Crippen LogP contribution in [-0.2, 0) is 32.2 Å². The molecule has 9 nitrogen and oxygen atoms in total. The van der Waals surface area contributed by atoms with E-state index in [2.05, 4.69) is 33.7 Å². The summed E-state index contributed by atoms with van der Waals surface area (Å²) in [6.07, 6.45) is 2.36. The Bertz CT molecular complexity index is 1600. The Kier molecular flexibility index (Phi) is 12.3. The fraction of sp³-hybridized carbons (Fsp3) is 0.371. The maximum atomic E-state index is 12.3. The highest BCUT2D eigenvalue weighted by molar-refractivity contribution is 8.01. The number of amides is 1. The van der Waals surface area contributed by atoms with E-state index < -0.39 is 12.3 Å². The minimum absolute atomic E-state index is 0.00534. The molecule has 1 aliphatic heterocycles. The van der Waals surface area contributed by atoms with Gasteiger partial charge in [0, 0.05) is 37.1 Å². The highest BCUT2D eigenvalue weighted by Crippen LogP contribution is 2.40. The average molecular weight is 662 g/mol. The van der Waals surface area contributed by atoms with Crippen LogP contribution in [0.5, 0.6) is 0 Å². The van der Waals surface area contributed by atoms with Gasteiger partial charge in [-0.05, 0) is 59.7 Å². The average Bonchev–Trinajstić information content (AvgIpc) is 3.51. The van der Waals surface area contributed by atoms with Crippen LogP contribution in [-0.4, -0.2) is 44.1 Å². The summed E-state index contributed by atoms with van der Waals surface area (Å²) in [6, 6.07) is 24.1. The van der Waals surface area contributed by atoms with Gasteiger partial charge < -0.3 is 25.0 Å². The number of aromatic nitrogens is 2. The van der Waals surface area contributed by atoms with Crippen LogP contribution in [0.15, 0.2) is 77.1 Å². The van der Waals surface area contributed by atoms with Crippen LogP contribution in [0.1, 0.15) is 78.2 Å². The summed E-state index contributed by atoms with van der Waals surface area (Å²) in [5.41, 5.74) is 5.83. The molecule has 2 heterocycles. The number of aliphatic hydroxyl groups is 1. The Morgan fingerprint density at radius 1 is 0.913 bits per heavy atom. The number of unbranched alkanes of at least 4 members (excludes halogenated alkanes) is 2. The summed E-state index contributed by atoms with van der Waals surface area (Å²) >= 11 is 3.22. The quantitative estimate of drug-likeness (QED) is 0.0911. The van der Waals surface area contributed by atoms with Crippen molar-refractivity contribution in [3.05, 3.63) is 100 Å². The maximum Gasteiger partial charge on any atom is 0.303 e. The molecule has 3 unspecified atom stereocenters. The van der Waals surface area contributed by atoms with Crippen LogP contribution in [0.25, 0.3) is 11.1 Å². The SMILES string of the molecule is Cc1nnc(SCC2CC(c3ccc(CO)cc3)OC(c3cccc(-c4cccc(CNC(=O)CCCCCC(=O)O)c4)c3)O2)s1. The molecule has 1 saturated heterocycles. The van der Waals surface area contributed by atoms with Crippen LogP contribution in [0.4, 0.5) is 0 Å². The van der Waals surface area contributed by atoms with Crippen molar-refractivity contribution in [3.8, 4) is 11.1 Å². The lowest BCUT2D eigenvalue weighted by molar-refractivity contribution is -0.245. The molecule has 0 saturated carbocycles. The number of aliphatic carboxylic acids is 1. The molecule has 1 fully saturated rings. The minimum atomic E-state index is -0.804. The Morgan fingerprint density at radius 3 is 2.41 bits per heavy atom. The van der Waals surface area contributed by atoms with Gasteiger partial charge in [0.15, 0.2) is 10.6 Å². The van der Waals surface area contributed by atoms with Crippen molar-refractivity contribution in [3.63, 3.8) is 0 Å². The monoisotopic (exact) mass is 661 g/mol. The first-order chi connectivity index (χ1) is 22.4. The predicted octanol–water partition coefficient (Wildman–Crippen LogP) is 6.99. The topological polar surface area (TPSA) is 131 Å². The number of nitrogens with one attached hydrogen (secondary N) is 1. The Morgan fingerprint density at radius 2 is 1.67 bits per heavy atom. The lowest BCUT2D eigenvalue weighted by Crippen LogP contribution is -2.31. The molecule has 1 aromatic heterocycles. The van der Waals surface area contributed by atoms with Gasteiger partial charge in [-0.2, -0.15) is 0 Å². The number of carbonyl (C=O) groups excluding carboxylic acids is 1. The smallest absolute Gasteiger partial charge is 0.303 e. The van der Waals surface area contributed by atoms with Crippen molar-refractivity contribution < 1.29 is 29.3 Å². The number of rotatable bonds is 15. The zero-order valence-electron chi connectivity index (χ0n) is 25.8. The highest BCUT2D eigenvalue weighted by Gasteiger charge is 2.32. The zero-order chi connectivity index (χ0) is 32.3. The fourth-order valence-corrected chi connectivity index (χ4v) is 7.14. The number of hydrogen-bond donors (Lipinski definition) is 3. The number of carboxylic acid groups (broad SMARTS) is 1. The molecule has 46 heavy (non-hydrogen) atoms. The largest absolute Gasteiger partial charge is 0.481 e. The van der Waals surface area contributed by atoms with Crippen LogP contribution >= 0.6 is 23.1 Å². The van der Waals surface area contributed by atoms with Gasteiger partial charge in [0.05, 0.1) is 18.8 Å². The molecule has 11 heteroatoms. The van der Waals surface area contributed by atoms with E-state index >= 15 is 0 Å². The van der Waals surface area contributed by atoms with Crippen molar-refractivity contribution in [1.29, 1.82) is 0 Å². The summed E-state index contributed by atoms with van der Waals surface area (Å²) in [5.74, 6) is -0.124. The van der Waals surface area contributed by atoms with Crippen molar-refractivity contribution in [2.24, 2.45) is 0 Å². The van der Waals surface area contributed by atoms with E-state index in [1.54, 1.807) is 23.1 Å². The number of aryl methyl sites for hydroxylation is 1. The molecule has 3 N–H and O–H groups in total. The summed E-state index contributed by atoms with van der Waals surface area (Å²) in [4.78, 5) is 23.0. The van der Waals surface area contributed by atoms with E-state index in [0.29, 0.717) is 32.2 Å². The van der Waals surface area contributed by atoms with Crippen LogP contribution in [0, 0.1) is 6.92 Å². The lowest BCUT2D eigenvalue weighted by atomic mass is 9.99. The van der Waals surface area contributed by atoms with E-state index in [4.69, 9.17) is 14.6 Å². The normalized spacial score (nSPS) is 17.9. The molecule has 0 spiro atoms. The third-order valence-corrected chi connectivity index (χ3v) is 9.82. The highest BCUT2D eigenvalue weighted by atomic mass is 32.2. The van der Waals surface area contributed by atoms with E-state index in [0.717, 1.165) is 54.9 Å². The van der Waals surface area contributed by atoms with Gasteiger partial charge in [0.1, 0.15) is 5.01 Å². The lowest BCUT2D eigenvalue weighted by Gasteiger charge is -2.36. The molecule has 242 valence electrons. The van der Waals surface area contributed by atoms with Gasteiger partial charge in [0.25, 0.3) is 0 Å². The van der Waals surface area contributed by atoms with Crippen molar-refractivity contribution in [2.45, 2.75) is 81.4 Å². The number of carboxylic acids is 1. The second kappa shape index (κ2) is 16.8. The number of carbonyl (C=O) groups is 2. The van der Waals surface area contributed by atoms with Crippen molar-refractivity contribution in [1.82, 2.24) is 15.5 Å². The summed E-state index contributed by atoms with van der Waals surface area (Å²) in [6.45, 7) is 2.36. The second-order valence-corrected chi connectivity index (χ2v) is 13.8. The first-order valence-corrected chi connectivity index (χ1v) is 17.3. The number of hydrogen-bond acceptors (Lipinski definition) is 9. The number of benzene rings is 3. The molecule has 0 bridgehead atoms. The summed E-state index contributed by atoms with van der Waals surface area (Å²) < 4.78 is 14.0. The molecule has 5 rings (SSSR count). The molecular weight excluding hydrogens is 623 g/mol. The van der Waals surface area contributed by atoms with E-state index in [1.807, 2.05) is 61.5 Å². The first-order valence-electron chi connectivity index (χ1n) is 15.5. The van der Waals surface area contributed by atoms with Crippen LogP contribution in [0.2, 0.25) is 0 Å². The summed E-state index contributed by atoms with van der Waals surface area (Å²) in [5, 5.41) is 30.6. The van der Waals surface area contributed by atoms with Crippen LogP contribution in [0.3, 0.4) is 0 Å². The molecule has 0 radical (unpaired) electrons. The van der Waals surface area contributed by atoms with Gasteiger partial charge in [-0.25, -0.2) is 0 Å². The van der Waals surface area contributed by atoms with Gasteiger partial charge in [0.2, 0.25) is 5.91 Å². The van der Waals surface area contributed by atoms with Gasteiger partial charge in [-0.3, -0.25) is 9.59 Å². The van der Waals surface area contributed by atoms with Gasteiger partial charge in [-0.1, -0.05) is 90.2 Å². The summed E-state index contributed by atoms with van der Waals surface area (Å²) in [7, 11) is 0. The Labute approximate surface area is 277 Å². The maximum absolute atomic E-state index is 12.3. The molecule has 3 aromatic carbocycles. The Balaban J connectivity index is 1.26. The van der Waals surface area contributed by atoms with E-state index in [-0.39, 0.29) is 31.1 Å². The molecule has 1 amide bonds. The number of thioether (sulfide) groups is 1. The van der Waals surface area contributed by atoms with Crippen LogP contribution < -0.4 is 5.32 Å². The van der Waals surface area contributed by atoms with E-state index in [9.17, 15) is 14.7 Å². The zero-order valence-corrected chi connectivity index (χ0v) is 27.4. The van der Waals surface area contributed by atoms with Gasteiger partial charge in [-0.15, -0.1) is 10.2 Å². The molecular formula is C35H39N3O6S2. The second-order valence-electron chi connectivity index (χ2n) is 11.3. The number of aliphatic hydroxyl groups excluding tert-OH is 1. The third kappa shape index (κ3) is 9.94. The fourth-order valence-electron chi connectivity index (χ4n) is 5.28. The predicted molar refractivity (Wildman–Crippen MR) is 178 cm³/mol. The first kappa shape index (κ1) is 33.7. The number of ether oxygens (including phenoxy) is 2. The molecule has 0 aliphatic carbocycles. The van der Waals surface area contributed by atoms with Gasteiger partial charge >= 0.3 is 5.97 Å². The van der Waals surface area contributed by atoms with E-state index in [1.165, 1.54) is 0 Å². The minimum Gasteiger partial charge on any atom is -0.481 e. The number of nitrogens with zero attached hydrogens (tertiary/aromatic N) is 2. The van der Waals surface area contributed by atoms with Crippen molar-refractivity contribution >= 4 is 35.0 Å². The molecule has 1 aliphatic rings. The van der Waals surface area contributed by atoms with Crippen molar-refractivity contribution in [2.75, 3.05) is 5.75 Å². The molecule has 4 aromatic rings. The molecule has 3 atom stereocenters. The third-order valence-electron chi connectivity index (χ3n) is 7.72.